The van der Waals surface area contributed by atoms with Gasteiger partial charge in [0.1, 0.15) is 5.71 Å². The van der Waals surface area contributed by atoms with Crippen LogP contribution in [0.1, 0.15) is 12.2 Å². The summed E-state index contributed by atoms with van der Waals surface area (Å²) in [4.78, 5) is 8.82. The lowest BCUT2D eigenvalue weighted by Gasteiger charge is -2.06. The number of imidazole rings is 1. The third-order valence-corrected chi connectivity index (χ3v) is 2.77. The Hall–Kier alpha value is -2.42. The van der Waals surface area contributed by atoms with Crippen molar-refractivity contribution in [1.82, 2.24) is 9.55 Å². The number of rotatable bonds is 2. The van der Waals surface area contributed by atoms with Crippen LogP contribution in [0.2, 0.25) is 0 Å². The molecular weight excluding hydrogens is 222 g/mol. The molecule has 1 aromatic carbocycles. The smallest absolute Gasteiger partial charge is 0.163 e. The zero-order valence-electron chi connectivity index (χ0n) is 9.90. The zero-order valence-corrected chi connectivity index (χ0v) is 9.90. The highest BCUT2D eigenvalue weighted by Crippen LogP contribution is 2.12. The maximum atomic E-state index is 4.42. The van der Waals surface area contributed by atoms with E-state index >= 15 is 0 Å². The topological polar surface area (TPSA) is 30.2 Å². The average Bonchev–Trinajstić information content (AvgIpc) is 2.75. The molecule has 0 bridgehead atoms. The van der Waals surface area contributed by atoms with E-state index in [9.17, 15) is 0 Å². The molecule has 0 saturated carbocycles. The van der Waals surface area contributed by atoms with E-state index in [0.717, 1.165) is 23.6 Å². The van der Waals surface area contributed by atoms with Gasteiger partial charge in [-0.05, 0) is 24.6 Å². The lowest BCUT2D eigenvalue weighted by atomic mass is 10.2. The van der Waals surface area contributed by atoms with Crippen LogP contribution in [0, 0.1) is 0 Å². The van der Waals surface area contributed by atoms with E-state index in [0.29, 0.717) is 0 Å². The van der Waals surface area contributed by atoms with E-state index in [4.69, 9.17) is 0 Å². The van der Waals surface area contributed by atoms with Gasteiger partial charge in [0, 0.05) is 24.3 Å². The zero-order chi connectivity index (χ0) is 12.2. The van der Waals surface area contributed by atoms with Gasteiger partial charge in [0.15, 0.2) is 5.82 Å². The van der Waals surface area contributed by atoms with Gasteiger partial charge in [-0.2, -0.15) is 0 Å². The predicted octanol–water partition coefficient (Wildman–Crippen LogP) is 3.14. The van der Waals surface area contributed by atoms with Gasteiger partial charge in [0.25, 0.3) is 0 Å². The molecule has 1 aliphatic rings. The average molecular weight is 235 g/mol. The van der Waals surface area contributed by atoms with Crippen LogP contribution < -0.4 is 0 Å². The Morgan fingerprint density at radius 3 is 2.83 bits per heavy atom. The van der Waals surface area contributed by atoms with Crippen LogP contribution in [0.25, 0.3) is 5.69 Å². The van der Waals surface area contributed by atoms with Gasteiger partial charge < -0.3 is 0 Å². The Morgan fingerprint density at radius 1 is 1.06 bits per heavy atom. The molecule has 1 aromatic heterocycles. The number of nitrogens with zero attached hydrogens (tertiary/aromatic N) is 3. The minimum absolute atomic E-state index is 0.865. The number of benzene rings is 1. The van der Waals surface area contributed by atoms with E-state index < -0.39 is 0 Å². The molecule has 1 aliphatic heterocycles. The minimum atomic E-state index is 0.865. The van der Waals surface area contributed by atoms with E-state index in [1.54, 1.807) is 6.20 Å². The Morgan fingerprint density at radius 2 is 1.94 bits per heavy atom. The third-order valence-electron chi connectivity index (χ3n) is 2.77. The van der Waals surface area contributed by atoms with Crippen LogP contribution in [-0.2, 0) is 0 Å². The van der Waals surface area contributed by atoms with E-state index in [-0.39, 0.29) is 0 Å². The molecule has 0 unspecified atom stereocenters. The van der Waals surface area contributed by atoms with Gasteiger partial charge >= 0.3 is 0 Å². The SMILES string of the molecule is C1=CN=C(c2nccn2-c2ccccc2)C=CC1. The van der Waals surface area contributed by atoms with Crippen LogP contribution in [0.15, 0.2) is 72.1 Å². The van der Waals surface area contributed by atoms with Crippen molar-refractivity contribution in [3.63, 3.8) is 0 Å². The molecule has 0 fully saturated rings. The van der Waals surface area contributed by atoms with Crippen molar-refractivity contribution in [1.29, 1.82) is 0 Å². The first kappa shape index (κ1) is 10.7. The Kier molecular flexibility index (Phi) is 2.88. The maximum Gasteiger partial charge on any atom is 0.163 e. The van der Waals surface area contributed by atoms with Crippen molar-refractivity contribution in [2.75, 3.05) is 0 Å². The molecule has 0 saturated heterocycles. The minimum Gasteiger partial charge on any atom is -0.299 e. The molecule has 3 rings (SSSR count). The lowest BCUT2D eigenvalue weighted by molar-refractivity contribution is 1.03. The van der Waals surface area contributed by atoms with Gasteiger partial charge in [-0.3, -0.25) is 9.56 Å². The van der Waals surface area contributed by atoms with Crippen LogP contribution >= 0.6 is 0 Å². The quantitative estimate of drug-likeness (QED) is 0.786. The largest absolute Gasteiger partial charge is 0.299 e. The highest BCUT2D eigenvalue weighted by molar-refractivity contribution is 6.07. The summed E-state index contributed by atoms with van der Waals surface area (Å²) in [6.07, 6.45) is 12.6. The second-order valence-corrected chi connectivity index (χ2v) is 3.99. The van der Waals surface area contributed by atoms with Gasteiger partial charge in [-0.1, -0.05) is 30.4 Å². The number of hydrogen-bond acceptors (Lipinski definition) is 2. The maximum absolute atomic E-state index is 4.42. The van der Waals surface area contributed by atoms with Crippen molar-refractivity contribution in [3.05, 3.63) is 73.0 Å². The van der Waals surface area contributed by atoms with Gasteiger partial charge in [-0.15, -0.1) is 0 Å². The molecule has 3 heteroatoms. The number of para-hydroxylation sites is 1. The molecule has 0 aliphatic carbocycles. The van der Waals surface area contributed by atoms with E-state index in [1.165, 1.54) is 0 Å². The van der Waals surface area contributed by atoms with Crippen molar-refractivity contribution in [3.8, 4) is 5.69 Å². The summed E-state index contributed by atoms with van der Waals surface area (Å²) in [6, 6.07) is 10.2. The number of aromatic nitrogens is 2. The van der Waals surface area contributed by atoms with Crippen molar-refractivity contribution < 1.29 is 0 Å². The van der Waals surface area contributed by atoms with Crippen molar-refractivity contribution in [2.24, 2.45) is 4.99 Å². The van der Waals surface area contributed by atoms with Crippen LogP contribution in [-0.4, -0.2) is 15.3 Å². The summed E-state index contributed by atoms with van der Waals surface area (Å²) in [5.74, 6) is 0.865. The Balaban J connectivity index is 2.07. The van der Waals surface area contributed by atoms with Crippen molar-refractivity contribution >= 4 is 5.71 Å². The molecular formula is C15H13N3. The normalized spacial score (nSPS) is 14.3. The van der Waals surface area contributed by atoms with Crippen molar-refractivity contribution in [2.45, 2.75) is 6.42 Å². The number of allylic oxidation sites excluding steroid dienone is 3. The first-order valence-corrected chi connectivity index (χ1v) is 5.93. The summed E-state index contributed by atoms with van der Waals surface area (Å²) >= 11 is 0. The molecule has 0 amide bonds. The number of hydrogen-bond donors (Lipinski definition) is 0. The molecule has 0 atom stereocenters. The fourth-order valence-electron chi connectivity index (χ4n) is 1.92. The summed E-state index contributed by atoms with van der Waals surface area (Å²) in [5, 5.41) is 0. The monoisotopic (exact) mass is 235 g/mol. The molecule has 2 heterocycles. The molecule has 0 spiro atoms. The predicted molar refractivity (Wildman–Crippen MR) is 73.0 cm³/mol. The first-order valence-electron chi connectivity index (χ1n) is 5.93. The molecule has 88 valence electrons. The summed E-state index contributed by atoms with van der Waals surface area (Å²) in [5.41, 5.74) is 1.98. The Bertz CT molecular complexity index is 618. The van der Waals surface area contributed by atoms with Crippen LogP contribution in [0.5, 0.6) is 0 Å². The fraction of sp³-hybridized carbons (Fsp3) is 0.0667. The third kappa shape index (κ3) is 2.02. The first-order chi connectivity index (χ1) is 8.95. The van der Waals surface area contributed by atoms with Crippen LogP contribution in [0.3, 0.4) is 0 Å². The summed E-state index contributed by atoms with van der Waals surface area (Å²) < 4.78 is 2.04. The Labute approximate surface area is 106 Å². The standard InChI is InChI=1S/C15H13N3/c1-3-7-13(8-4-1)18-12-11-17-15(18)14-9-5-2-6-10-16-14/h1,3-12H,2H2. The highest BCUT2D eigenvalue weighted by atomic mass is 15.1. The number of aliphatic imine (C=N–C) groups is 1. The van der Waals surface area contributed by atoms with Gasteiger partial charge in [0.2, 0.25) is 0 Å². The lowest BCUT2D eigenvalue weighted by Crippen LogP contribution is -2.07. The van der Waals surface area contributed by atoms with Crippen LogP contribution in [0.4, 0.5) is 0 Å². The van der Waals surface area contributed by atoms with Gasteiger partial charge in [0.05, 0.1) is 0 Å². The highest BCUT2D eigenvalue weighted by Gasteiger charge is 2.09. The molecule has 0 N–H and O–H groups in total. The fourth-order valence-corrected chi connectivity index (χ4v) is 1.92. The summed E-state index contributed by atoms with van der Waals surface area (Å²) in [6.45, 7) is 0. The molecule has 3 nitrogen and oxygen atoms in total. The summed E-state index contributed by atoms with van der Waals surface area (Å²) in [7, 11) is 0. The second kappa shape index (κ2) is 4.84. The van der Waals surface area contributed by atoms with Gasteiger partial charge in [-0.25, -0.2) is 4.98 Å². The van der Waals surface area contributed by atoms with E-state index in [2.05, 4.69) is 28.2 Å². The second-order valence-electron chi connectivity index (χ2n) is 3.99. The molecule has 2 aromatic rings. The van der Waals surface area contributed by atoms with E-state index in [1.807, 2.05) is 47.3 Å². The molecule has 0 radical (unpaired) electrons. The molecule has 18 heavy (non-hydrogen) atoms.